The fourth-order valence-corrected chi connectivity index (χ4v) is 6.05. The third-order valence-electron chi connectivity index (χ3n) is 7.79. The van der Waals surface area contributed by atoms with Crippen LogP contribution in [0.15, 0.2) is 24.3 Å². The van der Waals surface area contributed by atoms with E-state index in [4.69, 9.17) is 8.92 Å². The second-order valence-corrected chi connectivity index (χ2v) is 15.2. The average molecular weight is 631 g/mol. The van der Waals surface area contributed by atoms with E-state index in [2.05, 4.69) is 84.5 Å². The second-order valence-electron chi connectivity index (χ2n) is 13.9. The summed E-state index contributed by atoms with van der Waals surface area (Å²) in [5.41, 5.74) is 5.65. The van der Waals surface area contributed by atoms with E-state index in [9.17, 15) is 13.2 Å². The first kappa shape index (κ1) is 37.6. The minimum absolute atomic E-state index is 0.0510. The van der Waals surface area contributed by atoms with Gasteiger partial charge in [0.05, 0.1) is 6.42 Å². The van der Waals surface area contributed by atoms with Crippen molar-refractivity contribution in [3.05, 3.63) is 57.6 Å². The van der Waals surface area contributed by atoms with E-state index < -0.39 is 16.2 Å². The predicted octanol–water partition coefficient (Wildman–Crippen LogP) is 8.65. The van der Waals surface area contributed by atoms with E-state index in [1.165, 1.54) is 5.56 Å². The molecule has 0 aliphatic carbocycles. The number of rotatable bonds is 16. The molecule has 1 amide bonds. The summed E-state index contributed by atoms with van der Waals surface area (Å²) in [6.45, 7) is 27.8. The molecule has 2 rings (SSSR count). The maximum Gasteiger partial charge on any atom is 0.409 e. The monoisotopic (exact) mass is 630 g/mol. The molecule has 248 valence electrons. The van der Waals surface area contributed by atoms with E-state index in [1.807, 2.05) is 39.8 Å². The summed E-state index contributed by atoms with van der Waals surface area (Å²) in [7, 11) is -4.47. The number of benzene rings is 2. The zero-order valence-corrected chi connectivity index (χ0v) is 30.2. The van der Waals surface area contributed by atoms with Crippen LogP contribution in [0.3, 0.4) is 0 Å². The zero-order valence-electron chi connectivity index (χ0n) is 29.4. The summed E-state index contributed by atoms with van der Waals surface area (Å²) in [6.07, 6.45) is 0.551. The molecule has 8 heteroatoms. The molecule has 1 atom stereocenters. The lowest BCUT2D eigenvalue weighted by atomic mass is 9.83. The largest absolute Gasteiger partial charge is 0.475 e. The SMILES string of the molecule is CCC(NCC(C)C)Oc1cc(C(C)C)c(OS(=O)(=O)NC(=O)Cc2c(C(C)C)cc(C(C)C)cc2C(C)C)c(C(C)C)c1. The Morgan fingerprint density at radius 2 is 1.20 bits per heavy atom. The zero-order chi connectivity index (χ0) is 33.5. The van der Waals surface area contributed by atoms with E-state index >= 15 is 0 Å². The lowest BCUT2D eigenvalue weighted by Crippen LogP contribution is -2.36. The summed E-state index contributed by atoms with van der Waals surface area (Å²) in [4.78, 5) is 13.3. The van der Waals surface area contributed by atoms with Crippen molar-refractivity contribution >= 4 is 16.2 Å². The summed E-state index contributed by atoms with van der Waals surface area (Å²) in [5, 5.41) is 3.44. The molecule has 0 radical (unpaired) electrons. The van der Waals surface area contributed by atoms with Gasteiger partial charge in [-0.25, -0.2) is 4.72 Å². The number of ether oxygens (including phenoxy) is 1. The molecule has 1 unspecified atom stereocenters. The van der Waals surface area contributed by atoms with Crippen LogP contribution in [0.4, 0.5) is 0 Å². The molecule has 0 saturated heterocycles. The highest BCUT2D eigenvalue weighted by Gasteiger charge is 2.27. The predicted molar refractivity (Wildman–Crippen MR) is 182 cm³/mol. The Labute approximate surface area is 268 Å². The van der Waals surface area contributed by atoms with E-state index in [-0.39, 0.29) is 42.1 Å². The molecule has 0 fully saturated rings. The first-order valence-electron chi connectivity index (χ1n) is 16.4. The molecule has 0 bridgehead atoms. The normalized spacial score (nSPS) is 13.1. The first-order chi connectivity index (χ1) is 20.4. The van der Waals surface area contributed by atoms with Crippen LogP contribution in [-0.4, -0.2) is 27.1 Å². The van der Waals surface area contributed by atoms with Crippen LogP contribution >= 0.6 is 0 Å². The lowest BCUT2D eigenvalue weighted by molar-refractivity contribution is -0.118. The van der Waals surface area contributed by atoms with Gasteiger partial charge in [0.25, 0.3) is 0 Å². The van der Waals surface area contributed by atoms with Crippen molar-refractivity contribution in [2.45, 2.75) is 139 Å². The fourth-order valence-electron chi connectivity index (χ4n) is 5.24. The molecular formula is C36H58N2O5S. The molecule has 0 spiro atoms. The number of amides is 1. The van der Waals surface area contributed by atoms with Crippen molar-refractivity contribution in [1.29, 1.82) is 0 Å². The maximum absolute atomic E-state index is 13.4. The highest BCUT2D eigenvalue weighted by atomic mass is 32.2. The maximum atomic E-state index is 13.4. The van der Waals surface area contributed by atoms with Crippen molar-refractivity contribution in [3.8, 4) is 11.5 Å². The van der Waals surface area contributed by atoms with Crippen LogP contribution < -0.4 is 19.0 Å². The molecule has 2 aromatic carbocycles. The van der Waals surface area contributed by atoms with Crippen molar-refractivity contribution < 1.29 is 22.1 Å². The van der Waals surface area contributed by atoms with Crippen molar-refractivity contribution in [2.75, 3.05) is 6.54 Å². The van der Waals surface area contributed by atoms with E-state index in [1.54, 1.807) is 0 Å². The molecule has 0 aromatic heterocycles. The smallest absolute Gasteiger partial charge is 0.409 e. The Hall–Kier alpha value is -2.58. The molecule has 0 saturated carbocycles. The molecule has 44 heavy (non-hydrogen) atoms. The van der Waals surface area contributed by atoms with Crippen LogP contribution in [0.1, 0.15) is 159 Å². The molecular weight excluding hydrogens is 572 g/mol. The summed E-state index contributed by atoms with van der Waals surface area (Å²) in [5.74, 6) is 1.35. The van der Waals surface area contributed by atoms with Gasteiger partial charge < -0.3 is 8.92 Å². The van der Waals surface area contributed by atoms with Crippen molar-refractivity contribution in [2.24, 2.45) is 5.92 Å². The summed E-state index contributed by atoms with van der Waals surface area (Å²) < 4.78 is 41.0. The Bertz CT molecular complexity index is 1300. The highest BCUT2D eigenvalue weighted by Crippen LogP contribution is 2.39. The van der Waals surface area contributed by atoms with Crippen LogP contribution in [0.2, 0.25) is 0 Å². The Morgan fingerprint density at radius 3 is 1.59 bits per heavy atom. The second kappa shape index (κ2) is 16.1. The molecule has 2 aromatic rings. The number of hydrogen-bond acceptors (Lipinski definition) is 6. The van der Waals surface area contributed by atoms with Gasteiger partial charge in [0, 0.05) is 17.7 Å². The minimum atomic E-state index is -4.47. The number of carbonyl (C=O) groups excluding carboxylic acids is 1. The average Bonchev–Trinajstić information content (AvgIpc) is 2.90. The number of carbonyl (C=O) groups is 1. The van der Waals surface area contributed by atoms with Crippen LogP contribution in [-0.2, 0) is 21.5 Å². The van der Waals surface area contributed by atoms with Gasteiger partial charge in [-0.2, -0.15) is 8.42 Å². The molecule has 0 heterocycles. The van der Waals surface area contributed by atoms with Crippen LogP contribution in [0, 0.1) is 5.92 Å². The summed E-state index contributed by atoms with van der Waals surface area (Å²) in [6, 6.07) is 8.01. The van der Waals surface area contributed by atoms with Gasteiger partial charge in [-0.3, -0.25) is 10.1 Å². The van der Waals surface area contributed by atoms with Gasteiger partial charge in [0.1, 0.15) is 12.0 Å². The van der Waals surface area contributed by atoms with Gasteiger partial charge in [-0.15, -0.1) is 0 Å². The topological polar surface area (TPSA) is 93.7 Å². The van der Waals surface area contributed by atoms with Gasteiger partial charge in [0.2, 0.25) is 5.91 Å². The third-order valence-corrected chi connectivity index (χ3v) is 8.65. The fraction of sp³-hybridized carbons (Fsp3) is 0.639. The van der Waals surface area contributed by atoms with Gasteiger partial charge in [0.15, 0.2) is 5.75 Å². The Kier molecular flexibility index (Phi) is 13.8. The minimum Gasteiger partial charge on any atom is -0.475 e. The Balaban J connectivity index is 2.44. The van der Waals surface area contributed by atoms with Gasteiger partial charge in [-0.1, -0.05) is 102 Å². The van der Waals surface area contributed by atoms with Crippen molar-refractivity contribution in [3.63, 3.8) is 0 Å². The quantitative estimate of drug-likeness (QED) is 0.180. The van der Waals surface area contributed by atoms with E-state index in [0.29, 0.717) is 28.7 Å². The Morgan fingerprint density at radius 1 is 0.727 bits per heavy atom. The lowest BCUT2D eigenvalue weighted by Gasteiger charge is -2.25. The highest BCUT2D eigenvalue weighted by molar-refractivity contribution is 7.85. The molecule has 0 aliphatic rings. The molecule has 0 aliphatic heterocycles. The molecule has 7 nitrogen and oxygen atoms in total. The molecule has 2 N–H and O–H groups in total. The number of hydrogen-bond donors (Lipinski definition) is 2. The van der Waals surface area contributed by atoms with Crippen LogP contribution in [0.5, 0.6) is 11.5 Å². The first-order valence-corrected chi connectivity index (χ1v) is 17.8. The standard InChI is InChI=1S/C36H58N2O5S/c1-14-35(37-20-21(2)3)42-28-17-31(25(10)11)36(32(18-28)26(12)13)43-44(40,41)38-34(39)19-33-29(23(6)7)15-27(22(4)5)16-30(33)24(8)9/h15-18,21-26,35,37H,14,19-20H2,1-13H3,(H,38,39). The van der Waals surface area contributed by atoms with Gasteiger partial charge >= 0.3 is 10.3 Å². The van der Waals surface area contributed by atoms with Crippen molar-refractivity contribution in [1.82, 2.24) is 10.0 Å². The van der Waals surface area contributed by atoms with E-state index in [0.717, 1.165) is 29.7 Å². The van der Waals surface area contributed by atoms with Gasteiger partial charge in [-0.05, 0) is 76.3 Å². The third kappa shape index (κ3) is 10.5. The summed E-state index contributed by atoms with van der Waals surface area (Å²) >= 11 is 0. The number of nitrogens with one attached hydrogen (secondary N) is 2. The van der Waals surface area contributed by atoms with Crippen LogP contribution in [0.25, 0.3) is 0 Å².